The van der Waals surface area contributed by atoms with Crippen molar-refractivity contribution in [3.63, 3.8) is 0 Å². The number of halogens is 2. The van der Waals surface area contributed by atoms with Gasteiger partial charge < -0.3 is 5.73 Å². The highest BCUT2D eigenvalue weighted by molar-refractivity contribution is 5.85. The van der Waals surface area contributed by atoms with Gasteiger partial charge >= 0.3 is 0 Å². The molecule has 5 heteroatoms. The smallest absolute Gasteiger partial charge is 0.142 e. The van der Waals surface area contributed by atoms with Gasteiger partial charge in [0.15, 0.2) is 0 Å². The first-order valence-corrected chi connectivity index (χ1v) is 2.81. The Hall–Kier alpha value is -0.380. The SMILES string of the molecule is Cc1ccnc(CN)n1.Cl.Cl. The topological polar surface area (TPSA) is 51.8 Å². The first-order chi connectivity index (χ1) is 4.33. The van der Waals surface area contributed by atoms with Gasteiger partial charge in [-0.05, 0) is 13.0 Å². The Kier molecular flexibility index (Phi) is 7.62. The van der Waals surface area contributed by atoms with Crippen LogP contribution in [0.4, 0.5) is 0 Å². The van der Waals surface area contributed by atoms with Crippen LogP contribution in [-0.4, -0.2) is 9.97 Å². The second-order valence-electron chi connectivity index (χ2n) is 1.82. The maximum absolute atomic E-state index is 5.29. The number of aryl methyl sites for hydroxylation is 1. The van der Waals surface area contributed by atoms with E-state index in [-0.39, 0.29) is 24.8 Å². The normalized spacial score (nSPS) is 7.82. The number of hydrogen-bond donors (Lipinski definition) is 1. The summed E-state index contributed by atoms with van der Waals surface area (Å²) in [5.74, 6) is 0.704. The van der Waals surface area contributed by atoms with E-state index in [2.05, 4.69) is 9.97 Å². The van der Waals surface area contributed by atoms with Gasteiger partial charge in [0.2, 0.25) is 0 Å². The lowest BCUT2D eigenvalue weighted by Gasteiger charge is -1.93. The summed E-state index contributed by atoms with van der Waals surface area (Å²) in [4.78, 5) is 7.98. The van der Waals surface area contributed by atoms with E-state index < -0.39 is 0 Å². The fourth-order valence-corrected chi connectivity index (χ4v) is 0.599. The van der Waals surface area contributed by atoms with Crippen molar-refractivity contribution in [2.75, 3.05) is 0 Å². The Morgan fingerprint density at radius 1 is 1.45 bits per heavy atom. The second-order valence-corrected chi connectivity index (χ2v) is 1.82. The maximum Gasteiger partial charge on any atom is 0.142 e. The summed E-state index contributed by atoms with van der Waals surface area (Å²) in [6.07, 6.45) is 1.71. The monoisotopic (exact) mass is 195 g/mol. The molecule has 0 unspecified atom stereocenters. The van der Waals surface area contributed by atoms with Crippen molar-refractivity contribution >= 4 is 24.8 Å². The quantitative estimate of drug-likeness (QED) is 0.731. The minimum Gasteiger partial charge on any atom is -0.324 e. The Labute approximate surface area is 78.2 Å². The molecular formula is C6H11Cl2N3. The van der Waals surface area contributed by atoms with E-state index in [1.54, 1.807) is 6.20 Å². The molecule has 1 aromatic heterocycles. The van der Waals surface area contributed by atoms with Gasteiger partial charge in [0.1, 0.15) is 5.82 Å². The van der Waals surface area contributed by atoms with Gasteiger partial charge in [-0.15, -0.1) is 24.8 Å². The molecule has 0 aliphatic carbocycles. The molecule has 0 spiro atoms. The van der Waals surface area contributed by atoms with Crippen molar-refractivity contribution in [1.82, 2.24) is 9.97 Å². The van der Waals surface area contributed by atoms with Crippen molar-refractivity contribution in [3.8, 4) is 0 Å². The third-order valence-corrected chi connectivity index (χ3v) is 1.03. The van der Waals surface area contributed by atoms with E-state index in [0.717, 1.165) is 5.69 Å². The van der Waals surface area contributed by atoms with Crippen LogP contribution in [-0.2, 0) is 6.54 Å². The average Bonchev–Trinajstić information content (AvgIpc) is 1.88. The fraction of sp³-hybridized carbons (Fsp3) is 0.333. The molecular weight excluding hydrogens is 185 g/mol. The number of nitrogens with two attached hydrogens (primary N) is 1. The van der Waals surface area contributed by atoms with Crippen LogP contribution < -0.4 is 5.73 Å². The van der Waals surface area contributed by atoms with Crippen LogP contribution in [0.3, 0.4) is 0 Å². The fourth-order valence-electron chi connectivity index (χ4n) is 0.599. The third kappa shape index (κ3) is 4.14. The first kappa shape index (κ1) is 13.2. The van der Waals surface area contributed by atoms with Crippen LogP contribution >= 0.6 is 24.8 Å². The predicted molar refractivity (Wildman–Crippen MR) is 49.2 cm³/mol. The molecule has 1 rings (SSSR count). The van der Waals surface area contributed by atoms with Gasteiger partial charge in [-0.1, -0.05) is 0 Å². The zero-order valence-corrected chi connectivity index (χ0v) is 7.78. The minimum absolute atomic E-state index is 0. The highest BCUT2D eigenvalue weighted by Crippen LogP contribution is 1.90. The lowest BCUT2D eigenvalue weighted by molar-refractivity contribution is 0.891. The standard InChI is InChI=1S/C6H9N3.2ClH/c1-5-2-3-8-6(4-7)9-5;;/h2-3H,4,7H2,1H3;2*1H. The Morgan fingerprint density at radius 3 is 2.45 bits per heavy atom. The lowest BCUT2D eigenvalue weighted by atomic mass is 10.4. The molecule has 0 amide bonds. The summed E-state index contributed by atoms with van der Waals surface area (Å²) in [7, 11) is 0. The average molecular weight is 196 g/mol. The largest absolute Gasteiger partial charge is 0.324 e. The Balaban J connectivity index is 0. The van der Waals surface area contributed by atoms with Gasteiger partial charge in [-0.25, -0.2) is 9.97 Å². The zero-order valence-electron chi connectivity index (χ0n) is 6.15. The summed E-state index contributed by atoms with van der Waals surface area (Å²) in [5.41, 5.74) is 6.26. The van der Waals surface area contributed by atoms with Crippen molar-refractivity contribution in [3.05, 3.63) is 23.8 Å². The molecule has 0 fully saturated rings. The maximum atomic E-state index is 5.29. The number of nitrogens with zero attached hydrogens (tertiary/aromatic N) is 2. The molecule has 11 heavy (non-hydrogen) atoms. The highest BCUT2D eigenvalue weighted by atomic mass is 35.5. The van der Waals surface area contributed by atoms with Crippen molar-refractivity contribution in [2.45, 2.75) is 13.5 Å². The summed E-state index contributed by atoms with van der Waals surface area (Å²) in [6, 6.07) is 1.85. The summed E-state index contributed by atoms with van der Waals surface area (Å²) in [6.45, 7) is 2.34. The number of aromatic nitrogens is 2. The molecule has 64 valence electrons. The molecule has 0 aliphatic rings. The Bertz CT molecular complexity index is 205. The molecule has 1 aromatic rings. The lowest BCUT2D eigenvalue weighted by Crippen LogP contribution is -2.02. The van der Waals surface area contributed by atoms with Gasteiger partial charge in [-0.2, -0.15) is 0 Å². The van der Waals surface area contributed by atoms with E-state index in [9.17, 15) is 0 Å². The van der Waals surface area contributed by atoms with Gasteiger partial charge in [-0.3, -0.25) is 0 Å². The molecule has 0 aromatic carbocycles. The van der Waals surface area contributed by atoms with Crippen molar-refractivity contribution in [1.29, 1.82) is 0 Å². The predicted octanol–water partition coefficient (Wildman–Crippen LogP) is 1.09. The van der Waals surface area contributed by atoms with Crippen molar-refractivity contribution in [2.24, 2.45) is 5.73 Å². The van der Waals surface area contributed by atoms with Crippen molar-refractivity contribution < 1.29 is 0 Å². The van der Waals surface area contributed by atoms with E-state index in [0.29, 0.717) is 12.4 Å². The van der Waals surface area contributed by atoms with E-state index in [1.165, 1.54) is 0 Å². The minimum atomic E-state index is 0. The molecule has 0 radical (unpaired) electrons. The summed E-state index contributed by atoms with van der Waals surface area (Å²) >= 11 is 0. The molecule has 2 N–H and O–H groups in total. The summed E-state index contributed by atoms with van der Waals surface area (Å²) in [5, 5.41) is 0. The highest BCUT2D eigenvalue weighted by Gasteiger charge is 1.89. The number of rotatable bonds is 1. The number of hydrogen-bond acceptors (Lipinski definition) is 3. The zero-order chi connectivity index (χ0) is 6.69. The van der Waals surface area contributed by atoms with Crippen LogP contribution in [0.1, 0.15) is 11.5 Å². The van der Waals surface area contributed by atoms with Gasteiger partial charge in [0.05, 0.1) is 6.54 Å². The molecule has 0 aliphatic heterocycles. The van der Waals surface area contributed by atoms with Gasteiger partial charge in [0.25, 0.3) is 0 Å². The third-order valence-electron chi connectivity index (χ3n) is 1.03. The molecule has 3 nitrogen and oxygen atoms in total. The molecule has 0 saturated heterocycles. The summed E-state index contributed by atoms with van der Waals surface area (Å²) < 4.78 is 0. The van der Waals surface area contributed by atoms with E-state index >= 15 is 0 Å². The van der Waals surface area contributed by atoms with Crippen LogP contribution in [0.25, 0.3) is 0 Å². The molecule has 0 atom stereocenters. The van der Waals surface area contributed by atoms with Crippen LogP contribution in [0.2, 0.25) is 0 Å². The van der Waals surface area contributed by atoms with Crippen LogP contribution in [0.15, 0.2) is 12.3 Å². The molecule has 1 heterocycles. The van der Waals surface area contributed by atoms with Crippen LogP contribution in [0.5, 0.6) is 0 Å². The van der Waals surface area contributed by atoms with E-state index in [1.807, 2.05) is 13.0 Å². The molecule has 0 saturated carbocycles. The second kappa shape index (κ2) is 6.34. The van der Waals surface area contributed by atoms with Crippen LogP contribution in [0, 0.1) is 6.92 Å². The molecule has 0 bridgehead atoms. The van der Waals surface area contributed by atoms with Gasteiger partial charge in [0, 0.05) is 11.9 Å². The Morgan fingerprint density at radius 2 is 2.09 bits per heavy atom. The first-order valence-electron chi connectivity index (χ1n) is 2.81. The van der Waals surface area contributed by atoms with E-state index in [4.69, 9.17) is 5.73 Å².